The average Bonchev–Trinajstić information content (AvgIpc) is 2.24. The summed E-state index contributed by atoms with van der Waals surface area (Å²) in [5, 5.41) is 8.42. The lowest BCUT2D eigenvalue weighted by molar-refractivity contribution is -0.131. The van der Waals surface area contributed by atoms with Gasteiger partial charge in [-0.2, -0.15) is 5.26 Å². The largest absolute Gasteiger partial charge is 0.378 e. The summed E-state index contributed by atoms with van der Waals surface area (Å²) >= 11 is 0. The van der Waals surface area contributed by atoms with Gasteiger partial charge in [0.15, 0.2) is 0 Å². The zero-order valence-electron chi connectivity index (χ0n) is 11.4. The van der Waals surface area contributed by atoms with Crippen molar-refractivity contribution in [1.82, 2.24) is 4.90 Å². The standard InChI is InChI=1S/C13H24N2O2/c1-11(2)10-12(3)17-9-6-13(16)15(4)8-5-7-14/h11-12H,5-6,8-10H2,1-4H3. The Morgan fingerprint density at radius 2 is 2.06 bits per heavy atom. The van der Waals surface area contributed by atoms with E-state index >= 15 is 0 Å². The molecule has 0 aliphatic heterocycles. The zero-order valence-corrected chi connectivity index (χ0v) is 11.4. The molecule has 0 saturated heterocycles. The van der Waals surface area contributed by atoms with Gasteiger partial charge in [0.05, 0.1) is 31.6 Å². The molecular weight excluding hydrogens is 216 g/mol. The van der Waals surface area contributed by atoms with Gasteiger partial charge in [-0.15, -0.1) is 0 Å². The molecular formula is C13H24N2O2. The maximum atomic E-state index is 11.6. The van der Waals surface area contributed by atoms with E-state index in [2.05, 4.69) is 13.8 Å². The van der Waals surface area contributed by atoms with Gasteiger partial charge in [-0.1, -0.05) is 13.8 Å². The molecule has 0 aliphatic rings. The molecule has 0 aromatic heterocycles. The Hall–Kier alpha value is -1.08. The third-order valence-corrected chi connectivity index (χ3v) is 2.51. The summed E-state index contributed by atoms with van der Waals surface area (Å²) in [6, 6.07) is 2.02. The summed E-state index contributed by atoms with van der Waals surface area (Å²) in [6.45, 7) is 7.30. The highest BCUT2D eigenvalue weighted by Gasteiger charge is 2.10. The molecule has 0 aromatic carbocycles. The van der Waals surface area contributed by atoms with Gasteiger partial charge in [0.25, 0.3) is 0 Å². The number of amides is 1. The van der Waals surface area contributed by atoms with Crippen LogP contribution in [0.3, 0.4) is 0 Å². The van der Waals surface area contributed by atoms with E-state index in [1.165, 1.54) is 0 Å². The van der Waals surface area contributed by atoms with Gasteiger partial charge in [0, 0.05) is 13.6 Å². The maximum absolute atomic E-state index is 11.6. The molecule has 0 heterocycles. The Morgan fingerprint density at radius 1 is 1.41 bits per heavy atom. The Balaban J connectivity index is 3.67. The lowest BCUT2D eigenvalue weighted by atomic mass is 10.1. The highest BCUT2D eigenvalue weighted by molar-refractivity contribution is 5.75. The van der Waals surface area contributed by atoms with Gasteiger partial charge in [-0.25, -0.2) is 0 Å². The van der Waals surface area contributed by atoms with Gasteiger partial charge in [-0.05, 0) is 19.3 Å². The second-order valence-electron chi connectivity index (χ2n) is 4.78. The fraction of sp³-hybridized carbons (Fsp3) is 0.846. The normalized spacial score (nSPS) is 12.2. The van der Waals surface area contributed by atoms with Crippen LogP contribution in [0.1, 0.15) is 40.0 Å². The molecule has 0 radical (unpaired) electrons. The van der Waals surface area contributed by atoms with E-state index in [0.717, 1.165) is 6.42 Å². The molecule has 1 unspecified atom stereocenters. The topological polar surface area (TPSA) is 53.3 Å². The molecule has 0 bridgehead atoms. The van der Waals surface area contributed by atoms with Crippen LogP contribution in [-0.4, -0.2) is 37.1 Å². The Labute approximate surface area is 105 Å². The molecule has 4 nitrogen and oxygen atoms in total. The van der Waals surface area contributed by atoms with Crippen LogP contribution in [0.25, 0.3) is 0 Å². The number of ether oxygens (including phenoxy) is 1. The fourth-order valence-corrected chi connectivity index (χ4v) is 1.61. The van der Waals surface area contributed by atoms with E-state index in [0.29, 0.717) is 31.9 Å². The van der Waals surface area contributed by atoms with Gasteiger partial charge >= 0.3 is 0 Å². The average molecular weight is 240 g/mol. The van der Waals surface area contributed by atoms with E-state index in [9.17, 15) is 4.79 Å². The first-order valence-corrected chi connectivity index (χ1v) is 6.19. The molecule has 1 amide bonds. The minimum atomic E-state index is 0.0389. The summed E-state index contributed by atoms with van der Waals surface area (Å²) < 4.78 is 5.57. The zero-order chi connectivity index (χ0) is 13.3. The van der Waals surface area contributed by atoms with Crippen molar-refractivity contribution in [2.45, 2.75) is 46.1 Å². The predicted octanol–water partition coefficient (Wildman–Crippen LogP) is 2.20. The minimum Gasteiger partial charge on any atom is -0.378 e. The predicted molar refractivity (Wildman–Crippen MR) is 67.4 cm³/mol. The quantitative estimate of drug-likeness (QED) is 0.653. The van der Waals surface area contributed by atoms with Crippen LogP contribution in [0.4, 0.5) is 0 Å². The van der Waals surface area contributed by atoms with Crippen molar-refractivity contribution in [3.05, 3.63) is 0 Å². The molecule has 1 atom stereocenters. The number of hydrogen-bond acceptors (Lipinski definition) is 3. The van der Waals surface area contributed by atoms with Crippen molar-refractivity contribution in [2.24, 2.45) is 5.92 Å². The van der Waals surface area contributed by atoms with E-state index in [1.807, 2.05) is 13.0 Å². The van der Waals surface area contributed by atoms with E-state index in [1.54, 1.807) is 11.9 Å². The summed E-state index contributed by atoms with van der Waals surface area (Å²) in [4.78, 5) is 13.2. The molecule has 98 valence electrons. The second-order valence-corrected chi connectivity index (χ2v) is 4.78. The van der Waals surface area contributed by atoms with Crippen LogP contribution in [0.5, 0.6) is 0 Å². The molecule has 0 aliphatic carbocycles. The first-order chi connectivity index (χ1) is 7.97. The highest BCUT2D eigenvalue weighted by Crippen LogP contribution is 2.07. The smallest absolute Gasteiger partial charge is 0.224 e. The van der Waals surface area contributed by atoms with Crippen LogP contribution in [0, 0.1) is 17.2 Å². The molecule has 0 spiro atoms. The van der Waals surface area contributed by atoms with Crippen LogP contribution in [-0.2, 0) is 9.53 Å². The highest BCUT2D eigenvalue weighted by atomic mass is 16.5. The molecule has 0 rings (SSSR count). The number of carbonyl (C=O) groups excluding carboxylic acids is 1. The third kappa shape index (κ3) is 8.70. The summed E-state index contributed by atoms with van der Waals surface area (Å²) in [7, 11) is 1.72. The van der Waals surface area contributed by atoms with Crippen molar-refractivity contribution in [3.8, 4) is 6.07 Å². The number of hydrogen-bond donors (Lipinski definition) is 0. The summed E-state index contributed by atoms with van der Waals surface area (Å²) in [6.07, 6.45) is 1.99. The molecule has 0 saturated carbocycles. The number of nitriles is 1. The third-order valence-electron chi connectivity index (χ3n) is 2.51. The van der Waals surface area contributed by atoms with Crippen molar-refractivity contribution < 1.29 is 9.53 Å². The van der Waals surface area contributed by atoms with Crippen LogP contribution in [0.2, 0.25) is 0 Å². The summed E-state index contributed by atoms with van der Waals surface area (Å²) in [5.41, 5.74) is 0. The number of nitrogens with zero attached hydrogens (tertiary/aromatic N) is 2. The SMILES string of the molecule is CC(C)CC(C)OCCC(=O)N(C)CCC#N. The second kappa shape index (κ2) is 9.00. The lowest BCUT2D eigenvalue weighted by Crippen LogP contribution is -2.28. The molecule has 0 fully saturated rings. The minimum absolute atomic E-state index is 0.0389. The van der Waals surface area contributed by atoms with Gasteiger partial charge in [-0.3, -0.25) is 4.79 Å². The van der Waals surface area contributed by atoms with Crippen LogP contribution < -0.4 is 0 Å². The van der Waals surface area contributed by atoms with Gasteiger partial charge < -0.3 is 9.64 Å². The summed E-state index contributed by atoms with van der Waals surface area (Å²) in [5.74, 6) is 0.649. The number of rotatable bonds is 8. The molecule has 4 heteroatoms. The van der Waals surface area contributed by atoms with Gasteiger partial charge in [0.2, 0.25) is 5.91 Å². The monoisotopic (exact) mass is 240 g/mol. The molecule has 17 heavy (non-hydrogen) atoms. The van der Waals surface area contributed by atoms with E-state index < -0.39 is 0 Å². The fourth-order valence-electron chi connectivity index (χ4n) is 1.61. The Kier molecular flexibility index (Phi) is 8.43. The first kappa shape index (κ1) is 15.9. The maximum Gasteiger partial charge on any atom is 0.224 e. The molecule has 0 N–H and O–H groups in total. The van der Waals surface area contributed by atoms with Crippen molar-refractivity contribution in [1.29, 1.82) is 5.26 Å². The van der Waals surface area contributed by atoms with Crippen LogP contribution >= 0.6 is 0 Å². The van der Waals surface area contributed by atoms with Crippen molar-refractivity contribution in [2.75, 3.05) is 20.2 Å². The Morgan fingerprint density at radius 3 is 2.59 bits per heavy atom. The first-order valence-electron chi connectivity index (χ1n) is 6.19. The lowest BCUT2D eigenvalue weighted by Gasteiger charge is -2.18. The van der Waals surface area contributed by atoms with Gasteiger partial charge in [0.1, 0.15) is 0 Å². The van der Waals surface area contributed by atoms with Crippen molar-refractivity contribution in [3.63, 3.8) is 0 Å². The molecule has 0 aromatic rings. The van der Waals surface area contributed by atoms with Crippen molar-refractivity contribution >= 4 is 5.91 Å². The van der Waals surface area contributed by atoms with E-state index in [4.69, 9.17) is 10.00 Å². The Bertz CT molecular complexity index is 259. The number of carbonyl (C=O) groups is 1. The van der Waals surface area contributed by atoms with Crippen LogP contribution in [0.15, 0.2) is 0 Å². The van der Waals surface area contributed by atoms with E-state index in [-0.39, 0.29) is 12.0 Å².